The summed E-state index contributed by atoms with van der Waals surface area (Å²) in [7, 11) is -4.76. The molecule has 0 amide bonds. The summed E-state index contributed by atoms with van der Waals surface area (Å²) >= 11 is 0. The third-order valence-corrected chi connectivity index (χ3v) is 8.15. The molecule has 0 aromatic carbocycles. The number of ether oxygens (including phenoxy) is 2. The van der Waals surface area contributed by atoms with Gasteiger partial charge in [0, 0.05) is 12.8 Å². The Morgan fingerprint density at radius 3 is 1.52 bits per heavy atom. The lowest BCUT2D eigenvalue weighted by molar-refractivity contribution is -0.161. The molecule has 0 heterocycles. The molecule has 9 heteroatoms. The summed E-state index contributed by atoms with van der Waals surface area (Å²) in [5.74, 6) is -0.946. The fraction of sp³-hybridized carbons (Fsp3) is 0.784. The van der Waals surface area contributed by atoms with Gasteiger partial charge in [0.05, 0.1) is 6.61 Å². The van der Waals surface area contributed by atoms with E-state index in [2.05, 4.69) is 48.8 Å². The topological polar surface area (TPSA) is 119 Å². The average Bonchev–Trinajstić information content (AvgIpc) is 3.02. The fourth-order valence-corrected chi connectivity index (χ4v) is 5.28. The van der Waals surface area contributed by atoms with Crippen molar-refractivity contribution in [2.75, 3.05) is 13.2 Å². The molecule has 0 aliphatic heterocycles. The summed E-state index contributed by atoms with van der Waals surface area (Å²) in [4.78, 5) is 42.6. The van der Waals surface area contributed by atoms with Gasteiger partial charge in [0.2, 0.25) is 0 Å². The van der Waals surface area contributed by atoms with Gasteiger partial charge in [-0.15, -0.1) is 0 Å². The lowest BCUT2D eigenvalue weighted by atomic mass is 10.1. The molecule has 0 aliphatic rings. The van der Waals surface area contributed by atoms with Crippen LogP contribution in [0.25, 0.3) is 0 Å². The molecule has 1 atom stereocenters. The maximum atomic E-state index is 12.3. The van der Waals surface area contributed by atoms with Crippen LogP contribution >= 0.6 is 7.82 Å². The average molecular weight is 671 g/mol. The number of hydrogen-bond acceptors (Lipinski definition) is 6. The van der Waals surface area contributed by atoms with Gasteiger partial charge in [-0.1, -0.05) is 147 Å². The molecule has 2 N–H and O–H groups in total. The van der Waals surface area contributed by atoms with E-state index in [-0.39, 0.29) is 19.4 Å². The second-order valence-electron chi connectivity index (χ2n) is 12.2. The largest absolute Gasteiger partial charge is 0.469 e. The standard InChI is InChI=1S/C37H67O8P/c1-3-5-7-9-11-13-15-16-17-18-19-20-22-24-26-28-30-32-37(39)45-35(34-44-46(40,41)42)33-43-36(38)31-29-27-25-23-21-14-12-10-8-6-4-2/h16-17,19-20,24,26,35H,3-15,18,21-23,25,27-34H2,1-2H3,(H2,40,41,42)/b17-16+,20-19+,26-24+/t35-/m1/s1. The Morgan fingerprint density at radius 2 is 1.00 bits per heavy atom. The van der Waals surface area contributed by atoms with Crippen LogP contribution in [-0.4, -0.2) is 41.0 Å². The first kappa shape index (κ1) is 44.3. The number of hydrogen-bond donors (Lipinski definition) is 2. The van der Waals surface area contributed by atoms with Crippen molar-refractivity contribution < 1.29 is 37.9 Å². The lowest BCUT2D eigenvalue weighted by Crippen LogP contribution is -2.29. The van der Waals surface area contributed by atoms with E-state index in [9.17, 15) is 14.2 Å². The molecule has 0 radical (unpaired) electrons. The predicted molar refractivity (Wildman–Crippen MR) is 188 cm³/mol. The summed E-state index contributed by atoms with van der Waals surface area (Å²) in [5.41, 5.74) is 0. The highest BCUT2D eigenvalue weighted by molar-refractivity contribution is 7.46. The van der Waals surface area contributed by atoms with Gasteiger partial charge >= 0.3 is 19.8 Å². The van der Waals surface area contributed by atoms with Crippen LogP contribution < -0.4 is 0 Å². The van der Waals surface area contributed by atoms with Gasteiger partial charge in [0.15, 0.2) is 6.10 Å². The number of rotatable bonds is 33. The van der Waals surface area contributed by atoms with Gasteiger partial charge < -0.3 is 19.3 Å². The Hall–Kier alpha value is -1.73. The molecule has 268 valence electrons. The van der Waals surface area contributed by atoms with Gasteiger partial charge in [0.25, 0.3) is 0 Å². The maximum absolute atomic E-state index is 12.3. The zero-order valence-corrected chi connectivity index (χ0v) is 30.1. The molecule has 8 nitrogen and oxygen atoms in total. The molecule has 0 saturated carbocycles. The number of allylic oxidation sites excluding steroid dienone is 6. The first-order valence-corrected chi connectivity index (χ1v) is 19.8. The Balaban J connectivity index is 4.08. The van der Waals surface area contributed by atoms with Crippen LogP contribution in [0.1, 0.15) is 168 Å². The van der Waals surface area contributed by atoms with Crippen molar-refractivity contribution in [1.29, 1.82) is 0 Å². The highest BCUT2D eigenvalue weighted by Gasteiger charge is 2.22. The van der Waals surface area contributed by atoms with Crippen LogP contribution in [0.2, 0.25) is 0 Å². The third kappa shape index (κ3) is 35.1. The van der Waals surface area contributed by atoms with Crippen LogP contribution in [0.4, 0.5) is 0 Å². The van der Waals surface area contributed by atoms with E-state index in [1.54, 1.807) is 0 Å². The molecule has 0 unspecified atom stereocenters. The van der Waals surface area contributed by atoms with E-state index in [0.29, 0.717) is 12.8 Å². The number of carbonyl (C=O) groups is 2. The Bertz CT molecular complexity index is 848. The van der Waals surface area contributed by atoms with Crippen molar-refractivity contribution in [3.63, 3.8) is 0 Å². The second-order valence-corrected chi connectivity index (χ2v) is 13.4. The number of phosphoric ester groups is 1. The van der Waals surface area contributed by atoms with Crippen LogP contribution in [0.15, 0.2) is 36.5 Å². The number of phosphoric acid groups is 1. The molecule has 0 saturated heterocycles. The smallest absolute Gasteiger partial charge is 0.462 e. The summed E-state index contributed by atoms with van der Waals surface area (Å²) < 4.78 is 26.2. The minimum Gasteiger partial charge on any atom is -0.462 e. The van der Waals surface area contributed by atoms with E-state index in [1.165, 1.54) is 89.9 Å². The number of unbranched alkanes of at least 4 members (excludes halogenated alkanes) is 17. The molecule has 0 aliphatic carbocycles. The summed E-state index contributed by atoms with van der Waals surface area (Å²) in [6.07, 6.45) is 37.3. The van der Waals surface area contributed by atoms with E-state index < -0.39 is 32.5 Å². The molecule has 0 aromatic rings. The third-order valence-electron chi connectivity index (χ3n) is 7.66. The monoisotopic (exact) mass is 670 g/mol. The maximum Gasteiger partial charge on any atom is 0.469 e. The van der Waals surface area contributed by atoms with E-state index in [1.807, 2.05) is 6.08 Å². The Labute approximate surface area is 281 Å². The molecular weight excluding hydrogens is 603 g/mol. The van der Waals surface area contributed by atoms with Gasteiger partial charge in [-0.3, -0.25) is 14.1 Å². The van der Waals surface area contributed by atoms with Crippen molar-refractivity contribution >= 4 is 19.8 Å². The first-order chi connectivity index (χ1) is 22.3. The molecule has 46 heavy (non-hydrogen) atoms. The second kappa shape index (κ2) is 33.2. The van der Waals surface area contributed by atoms with Gasteiger partial charge in [0.1, 0.15) is 6.61 Å². The zero-order chi connectivity index (χ0) is 34.0. The first-order valence-electron chi connectivity index (χ1n) is 18.3. The molecule has 0 rings (SSSR count). The summed E-state index contributed by atoms with van der Waals surface area (Å²) in [6, 6.07) is 0. The minimum atomic E-state index is -4.76. The van der Waals surface area contributed by atoms with Crippen LogP contribution in [0, 0.1) is 0 Å². The van der Waals surface area contributed by atoms with Crippen molar-refractivity contribution in [2.24, 2.45) is 0 Å². The summed E-state index contributed by atoms with van der Waals surface area (Å²) in [5, 5.41) is 0. The highest BCUT2D eigenvalue weighted by atomic mass is 31.2. The van der Waals surface area contributed by atoms with E-state index >= 15 is 0 Å². The normalized spacial score (nSPS) is 12.9. The quantitative estimate of drug-likeness (QED) is 0.0306. The van der Waals surface area contributed by atoms with Crippen molar-refractivity contribution in [3.8, 4) is 0 Å². The van der Waals surface area contributed by atoms with Crippen LogP contribution in [-0.2, 0) is 28.2 Å². The number of esters is 2. The number of carbonyl (C=O) groups excluding carboxylic acids is 2. The SMILES string of the molecule is CCCCCCCC/C=C/C/C=C/C/C=C/CCCC(=O)O[C@H](COC(=O)CCCCCCCCCCCCC)COP(=O)(O)O. The Kier molecular flexibility index (Phi) is 31.9. The Morgan fingerprint density at radius 1 is 0.565 bits per heavy atom. The van der Waals surface area contributed by atoms with Gasteiger partial charge in [-0.25, -0.2) is 4.57 Å². The summed E-state index contributed by atoms with van der Waals surface area (Å²) in [6.45, 7) is 3.61. The van der Waals surface area contributed by atoms with Crippen LogP contribution in [0.5, 0.6) is 0 Å². The molecule has 0 aromatic heterocycles. The molecule has 0 bridgehead atoms. The molecule has 0 spiro atoms. The zero-order valence-electron chi connectivity index (χ0n) is 29.2. The lowest BCUT2D eigenvalue weighted by Gasteiger charge is -2.18. The predicted octanol–water partition coefficient (Wildman–Crippen LogP) is 10.6. The molecule has 0 fully saturated rings. The minimum absolute atomic E-state index is 0.142. The van der Waals surface area contributed by atoms with Crippen molar-refractivity contribution in [2.45, 2.75) is 174 Å². The van der Waals surface area contributed by atoms with Crippen molar-refractivity contribution in [3.05, 3.63) is 36.5 Å². The van der Waals surface area contributed by atoms with Crippen LogP contribution in [0.3, 0.4) is 0 Å². The van der Waals surface area contributed by atoms with Gasteiger partial charge in [-0.05, 0) is 44.9 Å². The van der Waals surface area contributed by atoms with Gasteiger partial charge in [-0.2, -0.15) is 0 Å². The van der Waals surface area contributed by atoms with Crippen molar-refractivity contribution in [1.82, 2.24) is 0 Å². The molecular formula is C37H67O8P. The fourth-order valence-electron chi connectivity index (χ4n) is 4.92. The van der Waals surface area contributed by atoms with E-state index in [0.717, 1.165) is 38.5 Å². The van der Waals surface area contributed by atoms with E-state index in [4.69, 9.17) is 19.3 Å². The highest BCUT2D eigenvalue weighted by Crippen LogP contribution is 2.35.